The molecule has 1 saturated heterocycles. The van der Waals surface area contributed by atoms with Gasteiger partial charge in [-0.05, 0) is 39.2 Å². The number of ether oxygens (including phenoxy) is 2. The van der Waals surface area contributed by atoms with Crippen molar-refractivity contribution in [3.8, 4) is 0 Å². The second kappa shape index (κ2) is 6.09. The van der Waals surface area contributed by atoms with Crippen LogP contribution in [-0.4, -0.2) is 48.9 Å². The lowest BCUT2D eigenvalue weighted by Crippen LogP contribution is -2.56. The SMILES string of the molecule is CC(C)(C)OC(=O)N1CCOCC1C(C)(C)CCN. The Labute approximate surface area is 116 Å². The van der Waals surface area contributed by atoms with E-state index < -0.39 is 5.60 Å². The van der Waals surface area contributed by atoms with Crippen molar-refractivity contribution in [1.82, 2.24) is 4.90 Å². The van der Waals surface area contributed by atoms with Crippen LogP contribution >= 0.6 is 0 Å². The van der Waals surface area contributed by atoms with E-state index in [1.165, 1.54) is 0 Å². The highest BCUT2D eigenvalue weighted by Gasteiger charge is 2.39. The van der Waals surface area contributed by atoms with E-state index in [1.807, 2.05) is 20.8 Å². The van der Waals surface area contributed by atoms with Crippen molar-refractivity contribution in [1.29, 1.82) is 0 Å². The molecule has 0 saturated carbocycles. The van der Waals surface area contributed by atoms with Gasteiger partial charge in [0.05, 0.1) is 19.3 Å². The highest BCUT2D eigenvalue weighted by atomic mass is 16.6. The van der Waals surface area contributed by atoms with Crippen LogP contribution in [0.3, 0.4) is 0 Å². The molecule has 0 aromatic heterocycles. The van der Waals surface area contributed by atoms with E-state index >= 15 is 0 Å². The van der Waals surface area contributed by atoms with Gasteiger partial charge in [-0.2, -0.15) is 0 Å². The topological polar surface area (TPSA) is 64.8 Å². The Hall–Kier alpha value is -0.810. The normalized spacial score (nSPS) is 21.4. The minimum absolute atomic E-state index is 0.0136. The summed E-state index contributed by atoms with van der Waals surface area (Å²) in [4.78, 5) is 14.1. The molecule has 2 N–H and O–H groups in total. The molecule has 5 nitrogen and oxygen atoms in total. The molecule has 1 rings (SSSR count). The Kier molecular flexibility index (Phi) is 5.21. The summed E-state index contributed by atoms with van der Waals surface area (Å²) in [6.45, 7) is 12.2. The van der Waals surface area contributed by atoms with Gasteiger partial charge in [-0.15, -0.1) is 0 Å². The molecule has 1 aliphatic rings. The lowest BCUT2D eigenvalue weighted by atomic mass is 9.80. The van der Waals surface area contributed by atoms with Crippen LogP contribution in [0.1, 0.15) is 41.0 Å². The quantitative estimate of drug-likeness (QED) is 0.853. The van der Waals surface area contributed by atoms with Crippen LogP contribution in [-0.2, 0) is 9.47 Å². The van der Waals surface area contributed by atoms with Gasteiger partial charge >= 0.3 is 6.09 Å². The van der Waals surface area contributed by atoms with Gasteiger partial charge in [0.25, 0.3) is 0 Å². The van der Waals surface area contributed by atoms with Crippen LogP contribution in [0.15, 0.2) is 0 Å². The number of hydrogen-bond donors (Lipinski definition) is 1. The van der Waals surface area contributed by atoms with E-state index in [9.17, 15) is 4.79 Å². The summed E-state index contributed by atoms with van der Waals surface area (Å²) in [6.07, 6.45) is 0.589. The van der Waals surface area contributed by atoms with Crippen LogP contribution in [0.2, 0.25) is 0 Å². The molecule has 1 heterocycles. The smallest absolute Gasteiger partial charge is 0.410 e. The summed E-state index contributed by atoms with van der Waals surface area (Å²) >= 11 is 0. The first-order valence-corrected chi connectivity index (χ1v) is 6.95. The maximum atomic E-state index is 12.3. The minimum atomic E-state index is -0.474. The second-order valence-corrected chi connectivity index (χ2v) is 6.79. The molecule has 0 radical (unpaired) electrons. The number of amides is 1. The van der Waals surface area contributed by atoms with Crippen molar-refractivity contribution in [3.05, 3.63) is 0 Å². The number of morpholine rings is 1. The average Bonchev–Trinajstić information content (AvgIpc) is 2.26. The molecule has 0 bridgehead atoms. The largest absolute Gasteiger partial charge is 0.444 e. The molecule has 1 atom stereocenters. The molecule has 1 unspecified atom stereocenters. The Morgan fingerprint density at radius 3 is 2.53 bits per heavy atom. The maximum absolute atomic E-state index is 12.3. The van der Waals surface area contributed by atoms with E-state index in [-0.39, 0.29) is 17.6 Å². The van der Waals surface area contributed by atoms with Crippen molar-refractivity contribution in [2.45, 2.75) is 52.7 Å². The molecule has 1 amide bonds. The third-order valence-corrected chi connectivity index (χ3v) is 3.45. The number of rotatable bonds is 3. The van der Waals surface area contributed by atoms with Gasteiger partial charge in [0.15, 0.2) is 0 Å². The summed E-state index contributed by atoms with van der Waals surface area (Å²) in [7, 11) is 0. The summed E-state index contributed by atoms with van der Waals surface area (Å²) in [5, 5.41) is 0. The van der Waals surface area contributed by atoms with Gasteiger partial charge in [-0.3, -0.25) is 0 Å². The van der Waals surface area contributed by atoms with Gasteiger partial charge in [0.1, 0.15) is 5.60 Å². The zero-order valence-electron chi connectivity index (χ0n) is 12.9. The molecule has 0 aromatic carbocycles. The number of nitrogens with zero attached hydrogens (tertiary/aromatic N) is 1. The fourth-order valence-corrected chi connectivity index (χ4v) is 2.33. The van der Waals surface area contributed by atoms with E-state index in [0.717, 1.165) is 6.42 Å². The van der Waals surface area contributed by atoms with Crippen molar-refractivity contribution in [2.24, 2.45) is 11.1 Å². The van der Waals surface area contributed by atoms with Gasteiger partial charge in [0, 0.05) is 6.54 Å². The monoisotopic (exact) mass is 272 g/mol. The van der Waals surface area contributed by atoms with Crippen molar-refractivity contribution in [3.63, 3.8) is 0 Å². The summed E-state index contributed by atoms with van der Waals surface area (Å²) < 4.78 is 11.0. The van der Waals surface area contributed by atoms with Crippen LogP contribution < -0.4 is 5.73 Å². The number of hydrogen-bond acceptors (Lipinski definition) is 4. The number of carbonyl (C=O) groups is 1. The Bertz CT molecular complexity index is 310. The third-order valence-electron chi connectivity index (χ3n) is 3.45. The van der Waals surface area contributed by atoms with Crippen molar-refractivity contribution < 1.29 is 14.3 Å². The lowest BCUT2D eigenvalue weighted by molar-refractivity contribution is -0.0639. The summed E-state index contributed by atoms with van der Waals surface area (Å²) in [5.74, 6) is 0. The third kappa shape index (κ3) is 4.66. The molecule has 1 fully saturated rings. The summed E-state index contributed by atoms with van der Waals surface area (Å²) in [5.41, 5.74) is 5.12. The first kappa shape index (κ1) is 16.2. The minimum Gasteiger partial charge on any atom is -0.444 e. The second-order valence-electron chi connectivity index (χ2n) is 6.79. The molecular formula is C14H28N2O3. The molecule has 0 aromatic rings. The fraction of sp³-hybridized carbons (Fsp3) is 0.929. The molecular weight excluding hydrogens is 244 g/mol. The number of carbonyl (C=O) groups excluding carboxylic acids is 1. The van der Waals surface area contributed by atoms with E-state index in [1.54, 1.807) is 4.90 Å². The van der Waals surface area contributed by atoms with Gasteiger partial charge < -0.3 is 20.1 Å². The first-order chi connectivity index (χ1) is 8.67. The van der Waals surface area contributed by atoms with E-state index in [0.29, 0.717) is 26.3 Å². The lowest BCUT2D eigenvalue weighted by Gasteiger charge is -2.44. The van der Waals surface area contributed by atoms with Gasteiger partial charge in [0.2, 0.25) is 0 Å². The molecule has 0 aliphatic carbocycles. The van der Waals surface area contributed by atoms with Gasteiger partial charge in [-0.1, -0.05) is 13.8 Å². The predicted molar refractivity (Wildman–Crippen MR) is 75.0 cm³/mol. The van der Waals surface area contributed by atoms with Gasteiger partial charge in [-0.25, -0.2) is 4.79 Å². The molecule has 1 aliphatic heterocycles. The van der Waals surface area contributed by atoms with Crippen LogP contribution in [0, 0.1) is 5.41 Å². The van der Waals surface area contributed by atoms with E-state index in [2.05, 4.69) is 13.8 Å². The molecule has 0 spiro atoms. The Balaban J connectivity index is 2.80. The highest BCUT2D eigenvalue weighted by Crippen LogP contribution is 2.31. The van der Waals surface area contributed by atoms with Crippen LogP contribution in [0.25, 0.3) is 0 Å². The molecule has 112 valence electrons. The van der Waals surface area contributed by atoms with Crippen molar-refractivity contribution in [2.75, 3.05) is 26.3 Å². The maximum Gasteiger partial charge on any atom is 0.410 e. The zero-order chi connectivity index (χ0) is 14.7. The summed E-state index contributed by atoms with van der Waals surface area (Å²) in [6, 6.07) is 0.0136. The molecule has 19 heavy (non-hydrogen) atoms. The first-order valence-electron chi connectivity index (χ1n) is 6.95. The average molecular weight is 272 g/mol. The van der Waals surface area contributed by atoms with Crippen molar-refractivity contribution >= 4 is 6.09 Å². The highest BCUT2D eigenvalue weighted by molar-refractivity contribution is 5.68. The van der Waals surface area contributed by atoms with Crippen LogP contribution in [0.5, 0.6) is 0 Å². The zero-order valence-corrected chi connectivity index (χ0v) is 12.9. The fourth-order valence-electron chi connectivity index (χ4n) is 2.33. The predicted octanol–water partition coefficient (Wildman–Crippen LogP) is 2.00. The number of nitrogens with two attached hydrogens (primary N) is 1. The molecule has 5 heteroatoms. The Morgan fingerprint density at radius 1 is 1.37 bits per heavy atom. The van der Waals surface area contributed by atoms with E-state index in [4.69, 9.17) is 15.2 Å². The standard InChI is InChI=1S/C14H28N2O3/c1-13(2,3)19-12(17)16-8-9-18-10-11(16)14(4,5)6-7-15/h11H,6-10,15H2,1-5H3. The Morgan fingerprint density at radius 2 is 2.00 bits per heavy atom. The van der Waals surface area contributed by atoms with Crippen LogP contribution in [0.4, 0.5) is 4.79 Å².